The first-order valence-corrected chi connectivity index (χ1v) is 6.60. The summed E-state index contributed by atoms with van der Waals surface area (Å²) < 4.78 is 4.14. The molecule has 2 heterocycles. The highest BCUT2D eigenvalue weighted by atomic mass is 16.2. The second kappa shape index (κ2) is 5.44. The second-order valence-corrected chi connectivity index (χ2v) is 4.82. The van der Waals surface area contributed by atoms with Gasteiger partial charge in [0.1, 0.15) is 5.78 Å². The van der Waals surface area contributed by atoms with E-state index in [-0.39, 0.29) is 17.9 Å². The van der Waals surface area contributed by atoms with Gasteiger partial charge in [-0.3, -0.25) is 18.7 Å². The Morgan fingerprint density at radius 3 is 2.65 bits per heavy atom. The molecule has 0 bridgehead atoms. The fraction of sp³-hybridized carbons (Fsp3) is 0.538. The average Bonchev–Trinajstić information content (AvgIpc) is 2.82. The molecule has 0 amide bonds. The van der Waals surface area contributed by atoms with Crippen LogP contribution in [0.2, 0.25) is 0 Å². The van der Waals surface area contributed by atoms with E-state index in [9.17, 15) is 14.4 Å². The predicted molar refractivity (Wildman–Crippen MR) is 74.7 cm³/mol. The van der Waals surface area contributed by atoms with Crippen LogP contribution >= 0.6 is 0 Å². The molecule has 0 fully saturated rings. The first-order valence-electron chi connectivity index (χ1n) is 6.60. The lowest BCUT2D eigenvalue weighted by molar-refractivity contribution is -0.118. The van der Waals surface area contributed by atoms with Gasteiger partial charge in [0.25, 0.3) is 5.56 Å². The van der Waals surface area contributed by atoms with Gasteiger partial charge >= 0.3 is 5.69 Å². The number of carbonyl (C=O) groups excluding carboxylic acids is 1. The van der Waals surface area contributed by atoms with Crippen LogP contribution in [-0.4, -0.2) is 24.5 Å². The number of Topliss-reactive ketones (excluding diaryl/α,β-unsaturated/α-hetero) is 1. The first-order chi connectivity index (χ1) is 9.47. The number of ketones is 1. The van der Waals surface area contributed by atoms with E-state index < -0.39 is 5.69 Å². The Hall–Kier alpha value is -2.18. The minimum Gasteiger partial charge on any atom is -0.328 e. The molecule has 0 aromatic carbocycles. The highest BCUT2D eigenvalue weighted by molar-refractivity contribution is 5.77. The maximum Gasteiger partial charge on any atom is 0.332 e. The van der Waals surface area contributed by atoms with Crippen molar-refractivity contribution in [3.8, 4) is 0 Å². The van der Waals surface area contributed by atoms with Crippen LogP contribution in [-0.2, 0) is 25.4 Å². The molecule has 7 heteroatoms. The van der Waals surface area contributed by atoms with Crippen molar-refractivity contribution in [1.82, 2.24) is 18.7 Å². The highest BCUT2D eigenvalue weighted by Gasteiger charge is 2.14. The van der Waals surface area contributed by atoms with Crippen molar-refractivity contribution in [2.45, 2.75) is 32.7 Å². The van der Waals surface area contributed by atoms with E-state index >= 15 is 0 Å². The van der Waals surface area contributed by atoms with E-state index in [2.05, 4.69) is 4.98 Å². The molecule has 2 rings (SSSR count). The van der Waals surface area contributed by atoms with Gasteiger partial charge in [0.2, 0.25) is 0 Å². The Labute approximate surface area is 115 Å². The molecule has 0 spiro atoms. The molecule has 2 aromatic heterocycles. The van der Waals surface area contributed by atoms with Crippen LogP contribution < -0.4 is 11.2 Å². The number of aromatic nitrogens is 4. The van der Waals surface area contributed by atoms with Crippen molar-refractivity contribution in [2.24, 2.45) is 14.1 Å². The summed E-state index contributed by atoms with van der Waals surface area (Å²) in [6, 6.07) is 0. The standard InChI is InChI=1S/C13H18N4O3/c1-4-9(18)6-5-7-17-12(19)10-11(14-8-15(10)2)16(3)13(17)20/h8H,4-7H2,1-3H3. The van der Waals surface area contributed by atoms with Gasteiger partial charge in [-0.25, -0.2) is 9.78 Å². The largest absolute Gasteiger partial charge is 0.332 e. The normalized spacial score (nSPS) is 11.2. The van der Waals surface area contributed by atoms with E-state index in [1.54, 1.807) is 25.6 Å². The van der Waals surface area contributed by atoms with E-state index in [1.807, 2.05) is 0 Å². The van der Waals surface area contributed by atoms with Crippen LogP contribution in [0, 0.1) is 0 Å². The van der Waals surface area contributed by atoms with Crippen molar-refractivity contribution in [2.75, 3.05) is 0 Å². The molecule has 0 aliphatic heterocycles. The van der Waals surface area contributed by atoms with Crippen LogP contribution in [0.15, 0.2) is 15.9 Å². The lowest BCUT2D eigenvalue weighted by atomic mass is 10.2. The summed E-state index contributed by atoms with van der Waals surface area (Å²) >= 11 is 0. The summed E-state index contributed by atoms with van der Waals surface area (Å²) in [6.07, 6.45) is 2.87. The summed E-state index contributed by atoms with van der Waals surface area (Å²) in [5.74, 6) is 0.136. The lowest BCUT2D eigenvalue weighted by Crippen LogP contribution is -2.39. The van der Waals surface area contributed by atoms with Crippen molar-refractivity contribution < 1.29 is 4.79 Å². The number of aryl methyl sites for hydroxylation is 2. The molecule has 108 valence electrons. The average molecular weight is 278 g/mol. The Bertz CT molecular complexity index is 766. The highest BCUT2D eigenvalue weighted by Crippen LogP contribution is 2.03. The molecule has 0 aliphatic rings. The van der Waals surface area contributed by atoms with Gasteiger partial charge in [-0.15, -0.1) is 0 Å². The van der Waals surface area contributed by atoms with Crippen molar-refractivity contribution in [3.63, 3.8) is 0 Å². The van der Waals surface area contributed by atoms with Gasteiger partial charge in [-0.2, -0.15) is 0 Å². The predicted octanol–water partition coefficient (Wildman–Crippen LogP) is 0.193. The third kappa shape index (κ3) is 2.31. The topological polar surface area (TPSA) is 78.9 Å². The molecule has 0 saturated heterocycles. The Morgan fingerprint density at radius 1 is 1.30 bits per heavy atom. The molecule has 2 aromatic rings. The van der Waals surface area contributed by atoms with E-state index in [4.69, 9.17) is 0 Å². The molecule has 0 N–H and O–H groups in total. The molecular formula is C13H18N4O3. The van der Waals surface area contributed by atoms with Gasteiger partial charge in [0.15, 0.2) is 11.2 Å². The molecule has 0 aliphatic carbocycles. The molecule has 0 saturated carbocycles. The summed E-state index contributed by atoms with van der Waals surface area (Å²) in [6.45, 7) is 2.05. The zero-order valence-electron chi connectivity index (χ0n) is 11.9. The smallest absolute Gasteiger partial charge is 0.328 e. The maximum absolute atomic E-state index is 12.3. The minimum atomic E-state index is -0.398. The number of fused-ring (bicyclic) bond motifs is 1. The van der Waals surface area contributed by atoms with Gasteiger partial charge in [0.05, 0.1) is 6.33 Å². The Balaban J connectivity index is 2.43. The molecule has 0 radical (unpaired) electrons. The number of rotatable bonds is 5. The summed E-state index contributed by atoms with van der Waals surface area (Å²) in [4.78, 5) is 39.8. The molecule has 20 heavy (non-hydrogen) atoms. The summed E-state index contributed by atoms with van der Waals surface area (Å²) in [5.41, 5.74) is 0.0227. The Kier molecular flexibility index (Phi) is 3.87. The van der Waals surface area contributed by atoms with Gasteiger partial charge in [-0.1, -0.05) is 6.92 Å². The van der Waals surface area contributed by atoms with Gasteiger partial charge in [0, 0.05) is 33.5 Å². The molecule has 7 nitrogen and oxygen atoms in total. The van der Waals surface area contributed by atoms with Gasteiger partial charge < -0.3 is 4.57 Å². The zero-order valence-corrected chi connectivity index (χ0v) is 11.9. The minimum absolute atomic E-state index is 0.136. The summed E-state index contributed by atoms with van der Waals surface area (Å²) in [5, 5.41) is 0. The number of hydrogen-bond acceptors (Lipinski definition) is 4. The van der Waals surface area contributed by atoms with E-state index in [0.29, 0.717) is 30.4 Å². The maximum atomic E-state index is 12.3. The van der Waals surface area contributed by atoms with Crippen LogP contribution in [0.5, 0.6) is 0 Å². The lowest BCUT2D eigenvalue weighted by Gasteiger charge is -2.08. The second-order valence-electron chi connectivity index (χ2n) is 4.82. The molecule has 0 atom stereocenters. The third-order valence-corrected chi connectivity index (χ3v) is 3.43. The molecule has 0 unspecified atom stereocenters. The monoisotopic (exact) mass is 278 g/mol. The van der Waals surface area contributed by atoms with Gasteiger partial charge in [-0.05, 0) is 6.42 Å². The number of nitrogens with zero attached hydrogens (tertiary/aromatic N) is 4. The third-order valence-electron chi connectivity index (χ3n) is 3.43. The fourth-order valence-corrected chi connectivity index (χ4v) is 2.20. The van der Waals surface area contributed by atoms with Crippen molar-refractivity contribution in [3.05, 3.63) is 27.2 Å². The van der Waals surface area contributed by atoms with Crippen LogP contribution in [0.25, 0.3) is 11.2 Å². The number of imidazole rings is 1. The van der Waals surface area contributed by atoms with E-state index in [0.717, 1.165) is 0 Å². The van der Waals surface area contributed by atoms with Crippen LogP contribution in [0.3, 0.4) is 0 Å². The number of hydrogen-bond donors (Lipinski definition) is 0. The van der Waals surface area contributed by atoms with Crippen molar-refractivity contribution >= 4 is 16.9 Å². The fourth-order valence-electron chi connectivity index (χ4n) is 2.20. The SMILES string of the molecule is CCC(=O)CCCn1c(=O)c2c(ncn2C)n(C)c1=O. The van der Waals surface area contributed by atoms with Crippen LogP contribution in [0.4, 0.5) is 0 Å². The number of carbonyl (C=O) groups is 1. The Morgan fingerprint density at radius 2 is 2.00 bits per heavy atom. The molecular weight excluding hydrogens is 260 g/mol. The van der Waals surface area contributed by atoms with E-state index in [1.165, 1.54) is 15.5 Å². The zero-order chi connectivity index (χ0) is 14.9. The quantitative estimate of drug-likeness (QED) is 0.782. The summed E-state index contributed by atoms with van der Waals surface area (Å²) in [7, 11) is 3.30. The van der Waals surface area contributed by atoms with Crippen LogP contribution in [0.1, 0.15) is 26.2 Å². The first kappa shape index (κ1) is 14.2. The van der Waals surface area contributed by atoms with Crippen molar-refractivity contribution in [1.29, 1.82) is 0 Å².